The number of likely N-dealkylation sites (tertiary alicyclic amines) is 1. The minimum absolute atomic E-state index is 0.0926. The lowest BCUT2D eigenvalue weighted by Crippen LogP contribution is -2.46. The van der Waals surface area contributed by atoms with Crippen molar-refractivity contribution in [2.45, 2.75) is 31.9 Å². The fourth-order valence-corrected chi connectivity index (χ4v) is 3.41. The Balaban J connectivity index is 2.01. The van der Waals surface area contributed by atoms with Crippen LogP contribution in [0.1, 0.15) is 25.3 Å². The van der Waals surface area contributed by atoms with Crippen molar-refractivity contribution in [3.63, 3.8) is 0 Å². The fourth-order valence-electron chi connectivity index (χ4n) is 3.41. The Kier molecular flexibility index (Phi) is 4.93. The largest absolute Gasteiger partial charge is 0.388 e. The molecule has 1 aromatic carbocycles. The van der Waals surface area contributed by atoms with E-state index in [0.717, 1.165) is 35.4 Å². The van der Waals surface area contributed by atoms with E-state index in [1.807, 2.05) is 43.5 Å². The van der Waals surface area contributed by atoms with Gasteiger partial charge >= 0.3 is 0 Å². The minimum Gasteiger partial charge on any atom is -0.388 e. The first kappa shape index (κ1) is 17.6. The molecule has 0 bridgehead atoms. The smallest absolute Gasteiger partial charge is 0.251 e. The summed E-state index contributed by atoms with van der Waals surface area (Å²) < 4.78 is 1.65. The van der Waals surface area contributed by atoms with Gasteiger partial charge < -0.3 is 14.6 Å². The maximum absolute atomic E-state index is 12.6. The monoisotopic (exact) mass is 338 g/mol. The van der Waals surface area contributed by atoms with Gasteiger partial charge in [0.2, 0.25) is 0 Å². The molecule has 0 unspecified atom stereocenters. The van der Waals surface area contributed by atoms with Crippen LogP contribution in [0.15, 0.2) is 54.0 Å². The molecule has 0 saturated carbocycles. The van der Waals surface area contributed by atoms with Crippen molar-refractivity contribution in [1.82, 2.24) is 9.47 Å². The van der Waals surface area contributed by atoms with Crippen LogP contribution in [-0.2, 0) is 6.54 Å². The molecule has 1 aromatic heterocycles. The van der Waals surface area contributed by atoms with E-state index in [4.69, 9.17) is 0 Å². The molecule has 4 nitrogen and oxygen atoms in total. The summed E-state index contributed by atoms with van der Waals surface area (Å²) in [6, 6.07) is 11.6. The van der Waals surface area contributed by atoms with E-state index in [-0.39, 0.29) is 5.56 Å². The average molecular weight is 338 g/mol. The summed E-state index contributed by atoms with van der Waals surface area (Å²) in [5.74, 6) is 0. The molecular formula is C21H26N2O2. The van der Waals surface area contributed by atoms with Crippen LogP contribution in [0.4, 0.5) is 0 Å². The van der Waals surface area contributed by atoms with Gasteiger partial charge in [-0.1, -0.05) is 42.5 Å². The normalized spacial score (nSPS) is 17.4. The summed E-state index contributed by atoms with van der Waals surface area (Å²) in [5.41, 5.74) is 2.83. The van der Waals surface area contributed by atoms with Gasteiger partial charge in [-0.05, 0) is 37.9 Å². The van der Waals surface area contributed by atoms with Crippen LogP contribution >= 0.6 is 0 Å². The fraction of sp³-hybridized carbons (Fsp3) is 0.381. The van der Waals surface area contributed by atoms with Crippen LogP contribution in [0.25, 0.3) is 16.7 Å². The van der Waals surface area contributed by atoms with Crippen molar-refractivity contribution >= 4 is 5.57 Å². The molecular weight excluding hydrogens is 312 g/mol. The highest BCUT2D eigenvalue weighted by Gasteiger charge is 2.32. The topological polar surface area (TPSA) is 45.5 Å². The predicted octanol–water partition coefficient (Wildman–Crippen LogP) is 3.01. The summed E-state index contributed by atoms with van der Waals surface area (Å²) >= 11 is 0. The molecule has 4 heteroatoms. The first-order chi connectivity index (χ1) is 11.9. The van der Waals surface area contributed by atoms with Crippen LogP contribution in [-0.4, -0.2) is 40.3 Å². The lowest BCUT2D eigenvalue weighted by atomic mass is 9.91. The number of piperidine rings is 1. The lowest BCUT2D eigenvalue weighted by molar-refractivity contribution is -0.0297. The Morgan fingerprint density at radius 3 is 2.48 bits per heavy atom. The standard InChI is InChI=1S/C21H26N2O2/c1-16(2)18-13-20(24)23(14-19(18)17-7-5-4-6-8-17)15-21(25)9-11-22(3)12-10-21/h4-8,13-14,25H,1,9-12,15H2,2-3H3. The number of hydrogen-bond acceptors (Lipinski definition) is 3. The van der Waals surface area contributed by atoms with Gasteiger partial charge in [-0.2, -0.15) is 0 Å². The maximum Gasteiger partial charge on any atom is 0.251 e. The van der Waals surface area contributed by atoms with Crippen molar-refractivity contribution < 1.29 is 5.11 Å². The molecule has 0 amide bonds. The molecule has 132 valence electrons. The van der Waals surface area contributed by atoms with Gasteiger partial charge in [-0.3, -0.25) is 4.79 Å². The molecule has 2 aromatic rings. The van der Waals surface area contributed by atoms with Crippen molar-refractivity contribution in [3.8, 4) is 11.1 Å². The van der Waals surface area contributed by atoms with Gasteiger partial charge in [0.25, 0.3) is 5.56 Å². The molecule has 0 atom stereocenters. The van der Waals surface area contributed by atoms with E-state index in [0.29, 0.717) is 19.4 Å². The first-order valence-electron chi connectivity index (χ1n) is 8.75. The van der Waals surface area contributed by atoms with Gasteiger partial charge in [-0.15, -0.1) is 0 Å². The Labute approximate surface area is 149 Å². The predicted molar refractivity (Wildman–Crippen MR) is 103 cm³/mol. The zero-order valence-electron chi connectivity index (χ0n) is 15.0. The summed E-state index contributed by atoms with van der Waals surface area (Å²) in [7, 11) is 2.06. The molecule has 0 radical (unpaired) electrons. The van der Waals surface area contributed by atoms with E-state index in [1.165, 1.54) is 0 Å². The highest BCUT2D eigenvalue weighted by molar-refractivity contribution is 5.79. The van der Waals surface area contributed by atoms with Gasteiger partial charge in [0.05, 0.1) is 12.1 Å². The van der Waals surface area contributed by atoms with Crippen LogP contribution in [0.2, 0.25) is 0 Å². The second kappa shape index (κ2) is 6.98. The van der Waals surface area contributed by atoms with Gasteiger partial charge in [0.15, 0.2) is 0 Å². The Morgan fingerprint density at radius 2 is 1.88 bits per heavy atom. The number of nitrogens with zero attached hydrogens (tertiary/aromatic N) is 2. The van der Waals surface area contributed by atoms with Gasteiger partial charge in [-0.25, -0.2) is 0 Å². The third kappa shape index (κ3) is 3.91. The zero-order valence-corrected chi connectivity index (χ0v) is 15.0. The van der Waals surface area contributed by atoms with E-state index >= 15 is 0 Å². The van der Waals surface area contributed by atoms with Gasteiger partial charge in [0, 0.05) is 30.9 Å². The Morgan fingerprint density at radius 1 is 1.24 bits per heavy atom. The Hall–Kier alpha value is -2.17. The molecule has 2 heterocycles. The molecule has 1 saturated heterocycles. The van der Waals surface area contributed by atoms with E-state index in [2.05, 4.69) is 18.5 Å². The average Bonchev–Trinajstić information content (AvgIpc) is 2.60. The van der Waals surface area contributed by atoms with Crippen LogP contribution in [0, 0.1) is 0 Å². The summed E-state index contributed by atoms with van der Waals surface area (Å²) in [5, 5.41) is 10.9. The number of aliphatic hydroxyl groups is 1. The van der Waals surface area contributed by atoms with Crippen molar-refractivity contribution in [2.75, 3.05) is 20.1 Å². The maximum atomic E-state index is 12.6. The van der Waals surface area contributed by atoms with Crippen LogP contribution < -0.4 is 5.56 Å². The lowest BCUT2D eigenvalue weighted by Gasteiger charge is -2.37. The minimum atomic E-state index is -0.824. The molecule has 1 aliphatic rings. The number of allylic oxidation sites excluding steroid dienone is 1. The van der Waals surface area contributed by atoms with Crippen molar-refractivity contribution in [3.05, 3.63) is 65.1 Å². The summed E-state index contributed by atoms with van der Waals surface area (Å²) in [4.78, 5) is 14.8. The first-order valence-corrected chi connectivity index (χ1v) is 8.75. The van der Waals surface area contributed by atoms with Crippen LogP contribution in [0.3, 0.4) is 0 Å². The quantitative estimate of drug-likeness (QED) is 0.932. The number of hydrogen-bond donors (Lipinski definition) is 1. The SMILES string of the molecule is C=C(C)c1cc(=O)n(CC2(O)CCN(C)CC2)cc1-c1ccccc1. The zero-order chi connectivity index (χ0) is 18.0. The second-order valence-corrected chi connectivity index (χ2v) is 7.24. The van der Waals surface area contributed by atoms with E-state index in [9.17, 15) is 9.90 Å². The molecule has 1 N–H and O–H groups in total. The third-order valence-electron chi connectivity index (χ3n) is 5.05. The summed E-state index contributed by atoms with van der Waals surface area (Å²) in [6.07, 6.45) is 3.23. The summed E-state index contributed by atoms with van der Waals surface area (Å²) in [6.45, 7) is 7.95. The highest BCUT2D eigenvalue weighted by atomic mass is 16.3. The van der Waals surface area contributed by atoms with Crippen molar-refractivity contribution in [1.29, 1.82) is 0 Å². The Bertz CT molecular complexity index is 816. The van der Waals surface area contributed by atoms with E-state index in [1.54, 1.807) is 10.6 Å². The van der Waals surface area contributed by atoms with Crippen molar-refractivity contribution in [2.24, 2.45) is 0 Å². The molecule has 25 heavy (non-hydrogen) atoms. The number of rotatable bonds is 4. The second-order valence-electron chi connectivity index (χ2n) is 7.24. The number of pyridine rings is 1. The third-order valence-corrected chi connectivity index (χ3v) is 5.05. The molecule has 3 rings (SSSR count). The molecule has 1 fully saturated rings. The molecule has 1 aliphatic heterocycles. The highest BCUT2D eigenvalue weighted by Crippen LogP contribution is 2.28. The molecule has 0 spiro atoms. The van der Waals surface area contributed by atoms with Gasteiger partial charge in [0.1, 0.15) is 0 Å². The number of benzene rings is 1. The van der Waals surface area contributed by atoms with Crippen LogP contribution in [0.5, 0.6) is 0 Å². The number of aromatic nitrogens is 1. The molecule has 0 aliphatic carbocycles. The van der Waals surface area contributed by atoms with E-state index < -0.39 is 5.60 Å².